The zero-order chi connectivity index (χ0) is 20.3. The molecule has 0 amide bonds. The summed E-state index contributed by atoms with van der Waals surface area (Å²) in [6, 6.07) is 4.10. The van der Waals surface area contributed by atoms with E-state index in [1.165, 1.54) is 6.07 Å². The monoisotopic (exact) mass is 387 g/mol. The summed E-state index contributed by atoms with van der Waals surface area (Å²) in [5.74, 6) is 3.73. The number of terminal acetylenes is 1. The quantitative estimate of drug-likeness (QED) is 0.744. The molecule has 148 valence electrons. The number of halogens is 2. The van der Waals surface area contributed by atoms with Crippen molar-refractivity contribution in [1.82, 2.24) is 9.97 Å². The third kappa shape index (κ3) is 3.98. The highest BCUT2D eigenvalue weighted by atomic mass is 19.3. The van der Waals surface area contributed by atoms with Gasteiger partial charge in [-0.15, -0.1) is 6.42 Å². The summed E-state index contributed by atoms with van der Waals surface area (Å²) in [5, 5.41) is 3.22. The van der Waals surface area contributed by atoms with Crippen molar-refractivity contribution < 1.29 is 18.3 Å². The summed E-state index contributed by atoms with van der Waals surface area (Å²) in [5.41, 5.74) is 2.54. The summed E-state index contributed by atoms with van der Waals surface area (Å²) in [7, 11) is 0. The van der Waals surface area contributed by atoms with Gasteiger partial charge >= 0.3 is 0 Å². The minimum atomic E-state index is -2.57. The van der Waals surface area contributed by atoms with Crippen molar-refractivity contribution in [2.45, 2.75) is 45.9 Å². The van der Waals surface area contributed by atoms with Crippen LogP contribution >= 0.6 is 0 Å². The Hall–Kier alpha value is -2.56. The Kier molecular flexibility index (Phi) is 6.22. The lowest BCUT2D eigenvalue weighted by atomic mass is 9.97. The molecule has 1 aliphatic heterocycles. The van der Waals surface area contributed by atoms with Crippen molar-refractivity contribution in [3.63, 3.8) is 0 Å². The van der Waals surface area contributed by atoms with E-state index in [9.17, 15) is 8.78 Å². The molecule has 0 bridgehead atoms. The first-order valence-electron chi connectivity index (χ1n) is 9.17. The highest BCUT2D eigenvalue weighted by Gasteiger charge is 2.28. The molecule has 0 spiro atoms. The van der Waals surface area contributed by atoms with E-state index < -0.39 is 18.8 Å². The number of hydrogen-bond acceptors (Lipinski definition) is 5. The van der Waals surface area contributed by atoms with Gasteiger partial charge in [0.2, 0.25) is 0 Å². The number of aromatic nitrogens is 2. The summed E-state index contributed by atoms with van der Waals surface area (Å²) in [4.78, 5) is 9.00. The van der Waals surface area contributed by atoms with E-state index in [0.717, 1.165) is 5.69 Å². The van der Waals surface area contributed by atoms with Crippen LogP contribution in [0.2, 0.25) is 0 Å². The molecular formula is C21H23F2N3O2. The van der Waals surface area contributed by atoms with Crippen LogP contribution in [0.4, 0.5) is 14.6 Å². The Morgan fingerprint density at radius 2 is 1.89 bits per heavy atom. The first-order valence-corrected chi connectivity index (χ1v) is 9.17. The van der Waals surface area contributed by atoms with Crippen LogP contribution in [0, 0.1) is 26.2 Å². The molecule has 0 radical (unpaired) electrons. The molecule has 2 aromatic rings. The van der Waals surface area contributed by atoms with Gasteiger partial charge in [0.05, 0.1) is 24.5 Å². The van der Waals surface area contributed by atoms with E-state index in [-0.39, 0.29) is 5.56 Å². The first kappa shape index (κ1) is 20.2. The number of nitrogens with zero attached hydrogens (tertiary/aromatic N) is 2. The number of nitrogens with one attached hydrogen (secondary N) is 1. The Morgan fingerprint density at radius 3 is 2.50 bits per heavy atom. The average molecular weight is 387 g/mol. The largest absolute Gasteiger partial charge is 0.352 e. The molecular weight excluding hydrogens is 364 g/mol. The molecule has 0 saturated carbocycles. The number of benzene rings is 1. The lowest BCUT2D eigenvalue weighted by Crippen LogP contribution is -2.18. The second kappa shape index (κ2) is 8.63. The maximum absolute atomic E-state index is 13.3. The smallest absolute Gasteiger partial charge is 0.264 e. The lowest BCUT2D eigenvalue weighted by molar-refractivity contribution is -0.0446. The highest BCUT2D eigenvalue weighted by Crippen LogP contribution is 2.34. The van der Waals surface area contributed by atoms with Crippen molar-refractivity contribution in [2.75, 3.05) is 18.5 Å². The Balaban J connectivity index is 2.03. The number of aryl methyl sites for hydroxylation is 2. The number of ether oxygens (including phenoxy) is 2. The van der Waals surface area contributed by atoms with Crippen molar-refractivity contribution in [2.24, 2.45) is 0 Å². The van der Waals surface area contributed by atoms with Gasteiger partial charge in [-0.3, -0.25) is 0 Å². The van der Waals surface area contributed by atoms with Gasteiger partial charge in [-0.25, -0.2) is 18.7 Å². The normalized spacial score (nSPS) is 15.6. The van der Waals surface area contributed by atoms with Gasteiger partial charge in [0, 0.05) is 5.56 Å². The van der Waals surface area contributed by atoms with Crippen LogP contribution in [-0.2, 0) is 15.9 Å². The van der Waals surface area contributed by atoms with Crippen LogP contribution in [0.5, 0.6) is 0 Å². The maximum atomic E-state index is 13.3. The van der Waals surface area contributed by atoms with Crippen molar-refractivity contribution in [3.05, 3.63) is 52.0 Å². The zero-order valence-electron chi connectivity index (χ0n) is 16.1. The van der Waals surface area contributed by atoms with E-state index in [1.54, 1.807) is 26.0 Å². The van der Waals surface area contributed by atoms with Crippen LogP contribution in [0.1, 0.15) is 59.5 Å². The second-order valence-electron chi connectivity index (χ2n) is 6.51. The molecule has 2 heterocycles. The van der Waals surface area contributed by atoms with Gasteiger partial charge in [0.25, 0.3) is 6.43 Å². The molecule has 1 N–H and O–H groups in total. The van der Waals surface area contributed by atoms with E-state index in [0.29, 0.717) is 48.0 Å². The molecule has 28 heavy (non-hydrogen) atoms. The molecule has 1 aromatic carbocycles. The van der Waals surface area contributed by atoms with Gasteiger partial charge in [-0.1, -0.05) is 31.0 Å². The van der Waals surface area contributed by atoms with E-state index in [1.807, 2.05) is 6.92 Å². The van der Waals surface area contributed by atoms with Gasteiger partial charge in [-0.05, 0) is 31.4 Å². The fourth-order valence-electron chi connectivity index (χ4n) is 3.36. The van der Waals surface area contributed by atoms with Gasteiger partial charge in [0.1, 0.15) is 17.7 Å². The SMILES string of the molecule is C#CC(Nc1nc(C)nc(CC)c1C1OCCO1)c1cccc(C(F)F)c1C. The molecule has 1 atom stereocenters. The number of anilines is 1. The predicted molar refractivity (Wildman–Crippen MR) is 102 cm³/mol. The first-order chi connectivity index (χ1) is 13.5. The van der Waals surface area contributed by atoms with Crippen LogP contribution in [-0.4, -0.2) is 23.2 Å². The summed E-state index contributed by atoms with van der Waals surface area (Å²) in [6.45, 7) is 6.39. The summed E-state index contributed by atoms with van der Waals surface area (Å²) in [6.07, 6.45) is 3.27. The van der Waals surface area contributed by atoms with Crippen molar-refractivity contribution in [1.29, 1.82) is 0 Å². The molecule has 0 aliphatic carbocycles. The van der Waals surface area contributed by atoms with Crippen molar-refractivity contribution >= 4 is 5.82 Å². The average Bonchev–Trinajstić information content (AvgIpc) is 3.20. The third-order valence-corrected chi connectivity index (χ3v) is 4.74. The molecule has 1 fully saturated rings. The van der Waals surface area contributed by atoms with Crippen LogP contribution in [0.25, 0.3) is 0 Å². The van der Waals surface area contributed by atoms with Crippen LogP contribution in [0.3, 0.4) is 0 Å². The minimum absolute atomic E-state index is 0.0321. The van der Waals surface area contributed by atoms with Gasteiger partial charge in [-0.2, -0.15) is 0 Å². The standard InChI is InChI=1S/C21H23F2N3O2/c1-5-16(14-8-7-9-15(12(14)3)19(22)23)26-20-18(21-27-10-11-28-21)17(6-2)24-13(4)25-20/h1,7-9,16,19,21H,6,10-11H2,2-4H3,(H,24,25,26). The van der Waals surface area contributed by atoms with Crippen molar-refractivity contribution in [3.8, 4) is 12.3 Å². The lowest BCUT2D eigenvalue weighted by Gasteiger charge is -2.23. The fraction of sp³-hybridized carbons (Fsp3) is 0.429. The fourth-order valence-corrected chi connectivity index (χ4v) is 3.36. The maximum Gasteiger partial charge on any atom is 0.264 e. The zero-order valence-corrected chi connectivity index (χ0v) is 16.1. The topological polar surface area (TPSA) is 56.3 Å². The van der Waals surface area contributed by atoms with Crippen LogP contribution < -0.4 is 5.32 Å². The second-order valence-corrected chi connectivity index (χ2v) is 6.51. The molecule has 1 unspecified atom stereocenters. The number of hydrogen-bond donors (Lipinski definition) is 1. The van der Waals surface area contributed by atoms with E-state index in [4.69, 9.17) is 15.9 Å². The highest BCUT2D eigenvalue weighted by molar-refractivity contribution is 5.53. The molecule has 1 aliphatic rings. The molecule has 1 saturated heterocycles. The van der Waals surface area contributed by atoms with Gasteiger partial charge < -0.3 is 14.8 Å². The molecule has 3 rings (SSSR count). The number of rotatable bonds is 6. The Labute approximate surface area is 163 Å². The predicted octanol–water partition coefficient (Wildman–Crippen LogP) is 4.43. The Bertz CT molecular complexity index is 890. The molecule has 5 nitrogen and oxygen atoms in total. The Morgan fingerprint density at radius 1 is 1.21 bits per heavy atom. The van der Waals surface area contributed by atoms with E-state index in [2.05, 4.69) is 21.2 Å². The summed E-state index contributed by atoms with van der Waals surface area (Å²) >= 11 is 0. The van der Waals surface area contributed by atoms with E-state index >= 15 is 0 Å². The minimum Gasteiger partial charge on any atom is -0.352 e. The summed E-state index contributed by atoms with van der Waals surface area (Å²) < 4.78 is 37.9. The molecule has 1 aromatic heterocycles. The number of alkyl halides is 2. The van der Waals surface area contributed by atoms with Crippen LogP contribution in [0.15, 0.2) is 18.2 Å². The molecule has 7 heteroatoms. The third-order valence-electron chi connectivity index (χ3n) is 4.74. The van der Waals surface area contributed by atoms with Gasteiger partial charge in [0.15, 0.2) is 6.29 Å².